The highest BCUT2D eigenvalue weighted by Gasteiger charge is 2.17. The highest BCUT2D eigenvalue weighted by molar-refractivity contribution is 5.83. The summed E-state index contributed by atoms with van der Waals surface area (Å²) in [6, 6.07) is 6.46. The Morgan fingerprint density at radius 2 is 1.96 bits per heavy atom. The number of fused-ring (bicyclic) bond motifs is 3. The number of rotatable bonds is 3. The first-order valence-corrected chi connectivity index (χ1v) is 8.00. The first-order chi connectivity index (χ1) is 11.3. The van der Waals surface area contributed by atoms with Crippen LogP contribution in [0.4, 0.5) is 10.2 Å². The van der Waals surface area contributed by atoms with Gasteiger partial charge in [0.15, 0.2) is 17.0 Å². The summed E-state index contributed by atoms with van der Waals surface area (Å²) in [6.45, 7) is 1.55. The molecule has 4 rings (SSSR count). The number of benzene rings is 1. The molecule has 0 spiro atoms. The zero-order chi connectivity index (χ0) is 15.6. The average Bonchev–Trinajstić information content (AvgIpc) is 2.76. The molecule has 1 aromatic carbocycles. The molecule has 0 saturated carbocycles. The van der Waals surface area contributed by atoms with E-state index in [1.807, 2.05) is 0 Å². The highest BCUT2D eigenvalue weighted by Crippen LogP contribution is 2.24. The van der Waals surface area contributed by atoms with Crippen molar-refractivity contribution in [3.8, 4) is 0 Å². The van der Waals surface area contributed by atoms with Crippen LogP contribution < -0.4 is 5.32 Å². The molecular weight excluding hydrogens is 293 g/mol. The van der Waals surface area contributed by atoms with Crippen molar-refractivity contribution in [2.45, 2.75) is 38.8 Å². The number of aryl methyl sites for hydroxylation is 2. The molecule has 3 aromatic rings. The predicted octanol–water partition coefficient (Wildman–Crippen LogP) is 3.30. The number of hydrogen-bond acceptors (Lipinski definition) is 4. The van der Waals surface area contributed by atoms with Crippen molar-refractivity contribution in [2.75, 3.05) is 5.32 Å². The van der Waals surface area contributed by atoms with Gasteiger partial charge in [-0.25, -0.2) is 19.3 Å². The van der Waals surface area contributed by atoms with Crippen molar-refractivity contribution in [3.05, 3.63) is 47.8 Å². The maximum absolute atomic E-state index is 13.0. The molecule has 1 aliphatic heterocycles. The Morgan fingerprint density at radius 3 is 2.83 bits per heavy atom. The van der Waals surface area contributed by atoms with Gasteiger partial charge in [-0.1, -0.05) is 18.6 Å². The van der Waals surface area contributed by atoms with Crippen LogP contribution in [0, 0.1) is 5.82 Å². The van der Waals surface area contributed by atoms with Gasteiger partial charge in [-0.2, -0.15) is 0 Å². The SMILES string of the molecule is Fc1ccc(CNc2ncnc3c2nc2n3CCCCC2)cc1. The fourth-order valence-electron chi connectivity index (χ4n) is 3.05. The fraction of sp³-hybridized carbons (Fsp3) is 0.353. The second-order valence-electron chi connectivity index (χ2n) is 5.86. The molecule has 0 amide bonds. The number of hydrogen-bond donors (Lipinski definition) is 1. The number of nitrogens with one attached hydrogen (secondary N) is 1. The molecule has 0 unspecified atom stereocenters. The minimum absolute atomic E-state index is 0.226. The molecule has 0 bridgehead atoms. The summed E-state index contributed by atoms with van der Waals surface area (Å²) in [5.41, 5.74) is 2.73. The van der Waals surface area contributed by atoms with E-state index in [1.165, 1.54) is 31.4 Å². The van der Waals surface area contributed by atoms with Crippen LogP contribution in [-0.4, -0.2) is 19.5 Å². The van der Waals surface area contributed by atoms with Gasteiger partial charge in [0, 0.05) is 19.5 Å². The molecule has 2 aromatic heterocycles. The minimum atomic E-state index is -0.226. The number of nitrogens with zero attached hydrogens (tertiary/aromatic N) is 4. The van der Waals surface area contributed by atoms with Gasteiger partial charge in [-0.15, -0.1) is 0 Å². The monoisotopic (exact) mass is 311 g/mol. The second kappa shape index (κ2) is 5.95. The van der Waals surface area contributed by atoms with E-state index < -0.39 is 0 Å². The van der Waals surface area contributed by atoms with Crippen LogP contribution in [0.3, 0.4) is 0 Å². The number of imidazole rings is 1. The third kappa shape index (κ3) is 2.76. The van der Waals surface area contributed by atoms with Crippen LogP contribution in [0.5, 0.6) is 0 Å². The van der Waals surface area contributed by atoms with Crippen molar-refractivity contribution >= 4 is 17.0 Å². The molecule has 1 aliphatic rings. The zero-order valence-electron chi connectivity index (χ0n) is 12.8. The highest BCUT2D eigenvalue weighted by atomic mass is 19.1. The van der Waals surface area contributed by atoms with E-state index in [4.69, 9.17) is 4.98 Å². The first-order valence-electron chi connectivity index (χ1n) is 8.00. The molecule has 1 N–H and O–H groups in total. The summed E-state index contributed by atoms with van der Waals surface area (Å²) in [7, 11) is 0. The van der Waals surface area contributed by atoms with Gasteiger partial charge < -0.3 is 9.88 Å². The normalized spacial score (nSPS) is 14.5. The van der Waals surface area contributed by atoms with E-state index in [-0.39, 0.29) is 5.82 Å². The van der Waals surface area contributed by atoms with Gasteiger partial charge in [0.05, 0.1) is 0 Å². The van der Waals surface area contributed by atoms with Crippen LogP contribution in [-0.2, 0) is 19.5 Å². The molecule has 0 atom stereocenters. The summed E-state index contributed by atoms with van der Waals surface area (Å²) in [4.78, 5) is 13.5. The molecule has 5 nitrogen and oxygen atoms in total. The Kier molecular flexibility index (Phi) is 3.65. The summed E-state index contributed by atoms with van der Waals surface area (Å²) >= 11 is 0. The standard InChI is InChI=1S/C17H18FN5/c18-13-7-5-12(6-8-13)10-19-16-15-17(21-11-20-16)23-9-3-1-2-4-14(23)22-15/h5-8,11H,1-4,9-10H2,(H,19,20,21). The van der Waals surface area contributed by atoms with E-state index >= 15 is 0 Å². The van der Waals surface area contributed by atoms with Crippen molar-refractivity contribution in [2.24, 2.45) is 0 Å². The smallest absolute Gasteiger partial charge is 0.165 e. The van der Waals surface area contributed by atoms with Crippen LogP contribution >= 0.6 is 0 Å². The predicted molar refractivity (Wildman–Crippen MR) is 86.6 cm³/mol. The third-order valence-corrected chi connectivity index (χ3v) is 4.27. The molecule has 6 heteroatoms. The van der Waals surface area contributed by atoms with Gasteiger partial charge in [-0.3, -0.25) is 0 Å². The lowest BCUT2D eigenvalue weighted by Gasteiger charge is -2.07. The Labute approximate surface area is 133 Å². The van der Waals surface area contributed by atoms with E-state index in [0.29, 0.717) is 6.54 Å². The van der Waals surface area contributed by atoms with Gasteiger partial charge in [-0.05, 0) is 30.5 Å². The maximum Gasteiger partial charge on any atom is 0.165 e. The fourth-order valence-corrected chi connectivity index (χ4v) is 3.05. The topological polar surface area (TPSA) is 55.6 Å². The van der Waals surface area contributed by atoms with Gasteiger partial charge in [0.1, 0.15) is 18.0 Å². The second-order valence-corrected chi connectivity index (χ2v) is 5.86. The third-order valence-electron chi connectivity index (χ3n) is 4.27. The molecular formula is C17H18FN5. The van der Waals surface area contributed by atoms with Gasteiger partial charge >= 0.3 is 0 Å². The Morgan fingerprint density at radius 1 is 1.09 bits per heavy atom. The van der Waals surface area contributed by atoms with E-state index in [0.717, 1.165) is 41.3 Å². The quantitative estimate of drug-likeness (QED) is 0.806. The van der Waals surface area contributed by atoms with Gasteiger partial charge in [0.25, 0.3) is 0 Å². The molecule has 0 fully saturated rings. The van der Waals surface area contributed by atoms with Crippen molar-refractivity contribution in [1.29, 1.82) is 0 Å². The van der Waals surface area contributed by atoms with Crippen LogP contribution in [0.2, 0.25) is 0 Å². The van der Waals surface area contributed by atoms with Crippen LogP contribution in [0.15, 0.2) is 30.6 Å². The average molecular weight is 311 g/mol. The molecule has 23 heavy (non-hydrogen) atoms. The summed E-state index contributed by atoms with van der Waals surface area (Å²) in [6.07, 6.45) is 6.16. The zero-order valence-corrected chi connectivity index (χ0v) is 12.8. The number of anilines is 1. The summed E-state index contributed by atoms with van der Waals surface area (Å²) < 4.78 is 15.2. The lowest BCUT2D eigenvalue weighted by molar-refractivity contribution is 0.627. The Bertz CT molecular complexity index is 825. The lowest BCUT2D eigenvalue weighted by Crippen LogP contribution is -2.04. The largest absolute Gasteiger partial charge is 0.364 e. The summed E-state index contributed by atoms with van der Waals surface area (Å²) in [5, 5.41) is 3.30. The van der Waals surface area contributed by atoms with Crippen LogP contribution in [0.25, 0.3) is 11.2 Å². The first kappa shape index (κ1) is 14.1. The number of aromatic nitrogens is 4. The van der Waals surface area contributed by atoms with Crippen LogP contribution in [0.1, 0.15) is 30.7 Å². The Balaban J connectivity index is 1.63. The van der Waals surface area contributed by atoms with E-state index in [2.05, 4.69) is 19.9 Å². The van der Waals surface area contributed by atoms with E-state index in [1.54, 1.807) is 18.5 Å². The lowest BCUT2D eigenvalue weighted by atomic mass is 10.2. The maximum atomic E-state index is 13.0. The molecule has 0 aliphatic carbocycles. The molecule has 118 valence electrons. The van der Waals surface area contributed by atoms with E-state index in [9.17, 15) is 4.39 Å². The van der Waals surface area contributed by atoms with Crippen molar-refractivity contribution in [1.82, 2.24) is 19.5 Å². The minimum Gasteiger partial charge on any atom is -0.364 e. The van der Waals surface area contributed by atoms with Gasteiger partial charge in [0.2, 0.25) is 0 Å². The molecule has 0 saturated heterocycles. The molecule has 3 heterocycles. The Hall–Kier alpha value is -2.50. The van der Waals surface area contributed by atoms with Crippen molar-refractivity contribution < 1.29 is 4.39 Å². The molecule has 0 radical (unpaired) electrons. The summed E-state index contributed by atoms with van der Waals surface area (Å²) in [5.74, 6) is 1.61. The van der Waals surface area contributed by atoms with Crippen molar-refractivity contribution in [3.63, 3.8) is 0 Å². The number of halogens is 1.